The molecule has 194 valence electrons. The van der Waals surface area contributed by atoms with Gasteiger partial charge >= 0.3 is 11.9 Å². The van der Waals surface area contributed by atoms with E-state index in [4.69, 9.17) is 25.4 Å². The molecule has 0 saturated carbocycles. The maximum atomic E-state index is 11.0. The van der Waals surface area contributed by atoms with Crippen molar-refractivity contribution in [1.29, 1.82) is 0 Å². The third-order valence-electron chi connectivity index (χ3n) is 5.36. The van der Waals surface area contributed by atoms with E-state index in [0.29, 0.717) is 66.6 Å². The fourth-order valence-electron chi connectivity index (χ4n) is 3.44. The molecule has 37 heavy (non-hydrogen) atoms. The van der Waals surface area contributed by atoms with Crippen LogP contribution in [0.25, 0.3) is 22.5 Å². The third kappa shape index (κ3) is 8.24. The average Bonchev–Trinajstić information content (AvgIpc) is 3.55. The van der Waals surface area contributed by atoms with E-state index in [1.165, 1.54) is 7.11 Å². The van der Waals surface area contributed by atoms with Crippen molar-refractivity contribution in [3.8, 4) is 22.5 Å². The van der Waals surface area contributed by atoms with Crippen LogP contribution in [0.4, 0.5) is 11.4 Å². The molecular weight excluding hydrogens is 476 g/mol. The average molecular weight is 507 g/mol. The number of hydrogen-bond acceptors (Lipinski definition) is 9. The molecule has 0 aliphatic heterocycles. The highest BCUT2D eigenvalue weighted by atomic mass is 16.5. The van der Waals surface area contributed by atoms with Crippen molar-refractivity contribution in [3.63, 3.8) is 0 Å². The molecule has 4 rings (SSSR count). The maximum Gasteiger partial charge on any atom is 0.305 e. The van der Waals surface area contributed by atoms with Crippen LogP contribution in [0.3, 0.4) is 0 Å². The number of nitrogens with two attached hydrogens (primary N) is 2. The number of ether oxygens (including phenoxy) is 1. The summed E-state index contributed by atoms with van der Waals surface area (Å²) in [6.45, 7) is 0. The zero-order chi connectivity index (χ0) is 26.6. The van der Waals surface area contributed by atoms with Crippen LogP contribution in [0.5, 0.6) is 0 Å². The van der Waals surface area contributed by atoms with Crippen LogP contribution in [0.1, 0.15) is 37.5 Å². The number of oxazole rings is 2. The highest BCUT2D eigenvalue weighted by molar-refractivity contribution is 5.73. The number of aromatic nitrogens is 2. The minimum absolute atomic E-state index is 0.116. The van der Waals surface area contributed by atoms with E-state index in [1.807, 2.05) is 42.5 Å². The Balaban J connectivity index is 0.000000206. The van der Waals surface area contributed by atoms with Crippen LogP contribution >= 0.6 is 0 Å². The molecule has 2 aromatic carbocycles. The first kappa shape index (κ1) is 27.0. The van der Waals surface area contributed by atoms with Gasteiger partial charge in [0.1, 0.15) is 23.9 Å². The van der Waals surface area contributed by atoms with Crippen molar-refractivity contribution < 1.29 is 28.3 Å². The Morgan fingerprint density at radius 1 is 0.811 bits per heavy atom. The summed E-state index contributed by atoms with van der Waals surface area (Å²) in [6, 6.07) is 14.9. The molecule has 0 spiro atoms. The topological polar surface area (TPSA) is 168 Å². The maximum absolute atomic E-state index is 11.0. The van der Waals surface area contributed by atoms with Crippen molar-refractivity contribution in [2.45, 2.75) is 38.5 Å². The van der Waals surface area contributed by atoms with Gasteiger partial charge in [0.15, 0.2) is 11.8 Å². The molecule has 0 radical (unpaired) electrons. The third-order valence-corrected chi connectivity index (χ3v) is 5.36. The Hall–Kier alpha value is -4.60. The van der Waals surface area contributed by atoms with Gasteiger partial charge in [-0.3, -0.25) is 9.59 Å². The zero-order valence-corrected chi connectivity index (χ0v) is 20.6. The number of benzene rings is 2. The SMILES string of the molecule is COC(=O)CCCc1nc(-c2ccccc2N)co1.Nc1ccccc1-c1coc(CCCC(=O)O)n1. The molecule has 0 unspecified atom stereocenters. The smallest absolute Gasteiger partial charge is 0.305 e. The number of aliphatic carboxylic acids is 1. The number of para-hydroxylation sites is 2. The Bertz CT molecular complexity index is 1310. The van der Waals surface area contributed by atoms with Gasteiger partial charge < -0.3 is 30.1 Å². The van der Waals surface area contributed by atoms with Gasteiger partial charge in [-0.25, -0.2) is 9.97 Å². The molecule has 2 aromatic heterocycles. The highest BCUT2D eigenvalue weighted by Crippen LogP contribution is 2.26. The summed E-state index contributed by atoms with van der Waals surface area (Å²) in [5, 5.41) is 8.54. The molecule has 0 aliphatic carbocycles. The first-order valence-electron chi connectivity index (χ1n) is 11.7. The molecule has 4 aromatic rings. The summed E-state index contributed by atoms with van der Waals surface area (Å²) in [4.78, 5) is 30.0. The number of aryl methyl sites for hydroxylation is 2. The molecule has 0 amide bonds. The number of carbonyl (C=O) groups excluding carboxylic acids is 1. The predicted molar refractivity (Wildman–Crippen MR) is 138 cm³/mol. The van der Waals surface area contributed by atoms with E-state index in [0.717, 1.165) is 11.1 Å². The second-order valence-electron chi connectivity index (χ2n) is 8.10. The molecule has 0 saturated heterocycles. The summed E-state index contributed by atoms with van der Waals surface area (Å²) < 4.78 is 15.2. The summed E-state index contributed by atoms with van der Waals surface area (Å²) in [5.41, 5.74) is 16.1. The Labute approximate surface area is 214 Å². The summed E-state index contributed by atoms with van der Waals surface area (Å²) in [7, 11) is 1.38. The number of esters is 1. The first-order chi connectivity index (χ1) is 17.9. The number of hydrogen-bond donors (Lipinski definition) is 3. The minimum Gasteiger partial charge on any atom is -0.481 e. The fourth-order valence-corrected chi connectivity index (χ4v) is 3.44. The monoisotopic (exact) mass is 506 g/mol. The fraction of sp³-hybridized carbons (Fsp3) is 0.259. The largest absolute Gasteiger partial charge is 0.481 e. The molecular formula is C27H30N4O6. The van der Waals surface area contributed by atoms with Crippen LogP contribution in [0.15, 0.2) is 69.9 Å². The lowest BCUT2D eigenvalue weighted by molar-refractivity contribution is -0.140. The predicted octanol–water partition coefficient (Wildman–Crippen LogP) is 4.75. The second kappa shape index (κ2) is 13.5. The van der Waals surface area contributed by atoms with Crippen LogP contribution < -0.4 is 11.5 Å². The van der Waals surface area contributed by atoms with Crippen molar-refractivity contribution in [2.75, 3.05) is 18.6 Å². The van der Waals surface area contributed by atoms with Crippen molar-refractivity contribution in [1.82, 2.24) is 9.97 Å². The standard InChI is InChI=1S/C14H16N2O3.C13H14N2O3/c1-18-14(17)8-4-7-13-16-12(9-19-13)10-5-2-3-6-11(10)15;14-10-5-2-1-4-9(10)11-8-18-12(15-11)6-3-7-13(16)17/h2-3,5-6,9H,4,7-8,15H2,1H3;1-2,4-5,8H,3,6-7,14H2,(H,16,17). The van der Waals surface area contributed by atoms with Crippen LogP contribution in [-0.2, 0) is 27.2 Å². The van der Waals surface area contributed by atoms with Gasteiger partial charge in [-0.05, 0) is 25.0 Å². The summed E-state index contributed by atoms with van der Waals surface area (Å²) >= 11 is 0. The highest BCUT2D eigenvalue weighted by Gasteiger charge is 2.10. The Morgan fingerprint density at radius 3 is 1.70 bits per heavy atom. The number of carboxylic acids is 1. The van der Waals surface area contributed by atoms with E-state index in [2.05, 4.69) is 14.7 Å². The van der Waals surface area contributed by atoms with E-state index in [9.17, 15) is 9.59 Å². The van der Waals surface area contributed by atoms with Crippen molar-refractivity contribution >= 4 is 23.3 Å². The van der Waals surface area contributed by atoms with E-state index in [-0.39, 0.29) is 12.4 Å². The van der Waals surface area contributed by atoms with Gasteiger partial charge in [0.2, 0.25) is 0 Å². The molecule has 10 nitrogen and oxygen atoms in total. The normalized spacial score (nSPS) is 10.4. The van der Waals surface area contributed by atoms with Crippen LogP contribution in [-0.4, -0.2) is 34.1 Å². The van der Waals surface area contributed by atoms with Gasteiger partial charge in [0.25, 0.3) is 0 Å². The minimum atomic E-state index is -0.811. The van der Waals surface area contributed by atoms with Gasteiger partial charge in [-0.1, -0.05) is 36.4 Å². The van der Waals surface area contributed by atoms with Gasteiger partial charge in [-0.2, -0.15) is 0 Å². The van der Waals surface area contributed by atoms with Gasteiger partial charge in [0.05, 0.1) is 7.11 Å². The van der Waals surface area contributed by atoms with Gasteiger partial charge in [0, 0.05) is 48.2 Å². The Kier molecular flexibility index (Phi) is 9.83. The number of nitrogens with zero attached hydrogens (tertiary/aromatic N) is 2. The molecule has 0 fully saturated rings. The number of rotatable bonds is 10. The van der Waals surface area contributed by atoms with E-state index >= 15 is 0 Å². The van der Waals surface area contributed by atoms with Crippen LogP contribution in [0, 0.1) is 0 Å². The van der Waals surface area contributed by atoms with Crippen LogP contribution in [0.2, 0.25) is 0 Å². The molecule has 2 heterocycles. The van der Waals surface area contributed by atoms with E-state index < -0.39 is 5.97 Å². The number of carboxylic acid groups (broad SMARTS) is 1. The quantitative estimate of drug-likeness (QED) is 0.202. The molecule has 10 heteroatoms. The number of methoxy groups -OCH3 is 1. The number of carbonyl (C=O) groups is 2. The molecule has 0 atom stereocenters. The molecule has 0 aliphatic rings. The lowest BCUT2D eigenvalue weighted by atomic mass is 10.1. The number of nitrogen functional groups attached to an aromatic ring is 2. The first-order valence-corrected chi connectivity index (χ1v) is 11.7. The summed E-state index contributed by atoms with van der Waals surface area (Å²) in [5.74, 6) is 0.102. The Morgan fingerprint density at radius 2 is 1.27 bits per heavy atom. The number of anilines is 2. The summed E-state index contributed by atoms with van der Waals surface area (Å²) in [6.07, 6.45) is 5.88. The lowest BCUT2D eigenvalue weighted by Gasteiger charge is -1.99. The zero-order valence-electron chi connectivity index (χ0n) is 20.6. The van der Waals surface area contributed by atoms with Crippen molar-refractivity contribution in [2.24, 2.45) is 0 Å². The van der Waals surface area contributed by atoms with E-state index in [1.54, 1.807) is 18.6 Å². The van der Waals surface area contributed by atoms with Gasteiger partial charge in [-0.15, -0.1) is 0 Å². The second-order valence-corrected chi connectivity index (χ2v) is 8.10. The molecule has 5 N–H and O–H groups in total. The lowest BCUT2D eigenvalue weighted by Crippen LogP contribution is -2.00. The molecule has 0 bridgehead atoms. The van der Waals surface area contributed by atoms with Crippen molar-refractivity contribution in [3.05, 3.63) is 72.8 Å².